The Morgan fingerprint density at radius 1 is 1.11 bits per heavy atom. The van der Waals surface area contributed by atoms with E-state index in [9.17, 15) is 4.79 Å². The third-order valence-corrected chi connectivity index (χ3v) is 3.71. The number of hydrogen-bond acceptors (Lipinski definition) is 3. The van der Waals surface area contributed by atoms with Crippen molar-refractivity contribution in [2.24, 2.45) is 5.41 Å². The number of anilines is 1. The van der Waals surface area contributed by atoms with Crippen LogP contribution in [0.2, 0.25) is 0 Å². The van der Waals surface area contributed by atoms with Gasteiger partial charge in [-0.3, -0.25) is 4.79 Å². The molecule has 0 saturated heterocycles. The van der Waals surface area contributed by atoms with Gasteiger partial charge >= 0.3 is 0 Å². The highest BCUT2D eigenvalue weighted by atomic mass is 32.1. The summed E-state index contributed by atoms with van der Waals surface area (Å²) in [7, 11) is 3.82. The average Bonchev–Trinajstić information content (AvgIpc) is 2.24. The van der Waals surface area contributed by atoms with E-state index in [1.54, 1.807) is 0 Å². The third-order valence-electron chi connectivity index (χ3n) is 3.28. The minimum Gasteiger partial charge on any atom is -0.374 e. The Morgan fingerprint density at radius 2 is 1.72 bits per heavy atom. The molecular weight excluding hydrogens is 242 g/mol. The van der Waals surface area contributed by atoms with E-state index in [1.807, 2.05) is 19.0 Å². The van der Waals surface area contributed by atoms with Crippen LogP contribution in [0.5, 0.6) is 0 Å². The van der Waals surface area contributed by atoms with Crippen LogP contribution in [-0.2, 0) is 6.42 Å². The Hall–Kier alpha value is -0.700. The Kier molecular flexibility index (Phi) is 5.09. The summed E-state index contributed by atoms with van der Waals surface area (Å²) in [5.41, 5.74) is 2.42. The quantitative estimate of drug-likeness (QED) is 0.576. The summed E-state index contributed by atoms with van der Waals surface area (Å²) in [6, 6.07) is 0. The van der Waals surface area contributed by atoms with Crippen LogP contribution in [0.25, 0.3) is 0 Å². The van der Waals surface area contributed by atoms with Crippen LogP contribution >= 0.6 is 12.2 Å². The molecule has 102 valence electrons. The van der Waals surface area contributed by atoms with Gasteiger partial charge in [-0.1, -0.05) is 45.8 Å². The van der Waals surface area contributed by atoms with Gasteiger partial charge in [-0.05, 0) is 24.7 Å². The van der Waals surface area contributed by atoms with Gasteiger partial charge in [0.2, 0.25) is 5.43 Å². The van der Waals surface area contributed by atoms with E-state index in [2.05, 4.69) is 20.8 Å². The summed E-state index contributed by atoms with van der Waals surface area (Å²) in [5, 5.41) is 0. The second kappa shape index (κ2) is 5.96. The second-order valence-corrected chi connectivity index (χ2v) is 6.91. The van der Waals surface area contributed by atoms with E-state index in [-0.39, 0.29) is 5.43 Å². The zero-order valence-electron chi connectivity index (χ0n) is 12.3. The van der Waals surface area contributed by atoms with Gasteiger partial charge in [-0.2, -0.15) is 0 Å². The second-order valence-electron chi connectivity index (χ2n) is 6.50. The van der Waals surface area contributed by atoms with Gasteiger partial charge in [0.05, 0.1) is 10.2 Å². The molecular formula is C15H25NOS. The van der Waals surface area contributed by atoms with Crippen molar-refractivity contribution in [3.8, 4) is 0 Å². The summed E-state index contributed by atoms with van der Waals surface area (Å²) in [4.78, 5) is 13.5. The van der Waals surface area contributed by atoms with Crippen molar-refractivity contribution in [3.05, 3.63) is 20.3 Å². The molecule has 1 aromatic rings. The molecule has 0 bridgehead atoms. The van der Waals surface area contributed by atoms with Gasteiger partial charge in [0.1, 0.15) is 0 Å². The predicted molar refractivity (Wildman–Crippen MR) is 81.9 cm³/mol. The molecule has 0 saturated carbocycles. The largest absolute Gasteiger partial charge is 0.374 e. The maximum absolute atomic E-state index is 11.6. The molecule has 18 heavy (non-hydrogen) atoms. The summed E-state index contributed by atoms with van der Waals surface area (Å²) < 4.78 is 0.564. The van der Waals surface area contributed by atoms with E-state index < -0.39 is 0 Å². The van der Waals surface area contributed by atoms with Crippen molar-refractivity contribution in [2.75, 3.05) is 19.0 Å². The third kappa shape index (κ3) is 3.91. The first kappa shape index (κ1) is 15.4. The molecule has 0 N–H and O–H groups in total. The lowest BCUT2D eigenvalue weighted by Crippen LogP contribution is -2.26. The first-order valence-electron chi connectivity index (χ1n) is 6.73. The molecule has 0 atom stereocenters. The Balaban J connectivity index is 2.39. The molecule has 0 spiro atoms. The van der Waals surface area contributed by atoms with E-state index in [1.165, 1.54) is 19.3 Å². The smallest absolute Gasteiger partial charge is 0.220 e. The van der Waals surface area contributed by atoms with Crippen LogP contribution in [-0.4, -0.2) is 14.1 Å². The summed E-state index contributed by atoms with van der Waals surface area (Å²) in [6.07, 6.45) is 5.83. The van der Waals surface area contributed by atoms with Crippen molar-refractivity contribution < 1.29 is 0 Å². The average molecular weight is 267 g/mol. The van der Waals surface area contributed by atoms with Crippen LogP contribution in [0.4, 0.5) is 5.69 Å². The number of hydrogen-bond donors (Lipinski definition) is 0. The molecule has 0 unspecified atom stereocenters. The highest BCUT2D eigenvalue weighted by Gasteiger charge is 2.18. The Morgan fingerprint density at radius 3 is 2.22 bits per heavy atom. The normalized spacial score (nSPS) is 12.1. The van der Waals surface area contributed by atoms with Crippen molar-refractivity contribution in [1.29, 1.82) is 0 Å². The van der Waals surface area contributed by atoms with E-state index in [0.717, 1.165) is 24.1 Å². The topological polar surface area (TPSA) is 20.3 Å². The van der Waals surface area contributed by atoms with Gasteiger partial charge < -0.3 is 4.90 Å². The van der Waals surface area contributed by atoms with Gasteiger partial charge in [-0.15, -0.1) is 0 Å². The van der Waals surface area contributed by atoms with E-state index in [4.69, 9.17) is 12.2 Å². The first-order chi connectivity index (χ1) is 8.24. The summed E-state index contributed by atoms with van der Waals surface area (Å²) >= 11 is 5.13. The number of nitrogens with zero attached hydrogens (tertiary/aromatic N) is 1. The fraction of sp³-hybridized carbons (Fsp3) is 0.733. The minimum absolute atomic E-state index is 0.0553. The molecule has 1 rings (SSSR count). The van der Waals surface area contributed by atoms with Crippen molar-refractivity contribution in [3.63, 3.8) is 0 Å². The van der Waals surface area contributed by atoms with Crippen LogP contribution in [0.15, 0.2) is 4.79 Å². The van der Waals surface area contributed by atoms with Gasteiger partial charge in [0.15, 0.2) is 0 Å². The van der Waals surface area contributed by atoms with Crippen molar-refractivity contribution in [1.82, 2.24) is 0 Å². The molecule has 0 aliphatic heterocycles. The molecule has 0 radical (unpaired) electrons. The van der Waals surface area contributed by atoms with E-state index in [0.29, 0.717) is 9.93 Å². The molecule has 0 aromatic heterocycles. The Labute approximate surface area is 116 Å². The van der Waals surface area contributed by atoms with Gasteiger partial charge in [-0.25, -0.2) is 0 Å². The van der Waals surface area contributed by atoms with Crippen LogP contribution < -0.4 is 10.3 Å². The molecule has 2 nitrogen and oxygen atoms in total. The SMILES string of the molecule is CN(C)c1c(CCCCCC(C)(C)C)c(=S)c1=O. The zero-order valence-corrected chi connectivity index (χ0v) is 13.1. The fourth-order valence-electron chi connectivity index (χ4n) is 2.27. The standard InChI is InChI=1S/C15H25NOS/c1-15(2,3)10-8-6-7-9-11-12(16(4)5)13(17)14(11)18/h6-10H2,1-5H3. The van der Waals surface area contributed by atoms with Crippen LogP contribution in [0, 0.1) is 9.93 Å². The summed E-state index contributed by atoms with van der Waals surface area (Å²) in [5.74, 6) is 0. The summed E-state index contributed by atoms with van der Waals surface area (Å²) in [6.45, 7) is 6.83. The zero-order chi connectivity index (χ0) is 13.9. The van der Waals surface area contributed by atoms with Crippen molar-refractivity contribution in [2.45, 2.75) is 52.9 Å². The number of unbranched alkanes of at least 4 members (excludes halogenated alkanes) is 2. The molecule has 0 fully saturated rings. The maximum atomic E-state index is 11.6. The minimum atomic E-state index is 0.0553. The van der Waals surface area contributed by atoms with Crippen molar-refractivity contribution >= 4 is 17.9 Å². The lowest BCUT2D eigenvalue weighted by atomic mass is 9.89. The highest BCUT2D eigenvalue weighted by molar-refractivity contribution is 7.71. The maximum Gasteiger partial charge on any atom is 0.220 e. The molecule has 3 heteroatoms. The van der Waals surface area contributed by atoms with E-state index >= 15 is 0 Å². The van der Waals surface area contributed by atoms with Gasteiger partial charge in [0, 0.05) is 19.7 Å². The Bertz CT molecular complexity index is 461. The monoisotopic (exact) mass is 267 g/mol. The fourth-order valence-corrected chi connectivity index (χ4v) is 2.56. The van der Waals surface area contributed by atoms with Crippen LogP contribution in [0.3, 0.4) is 0 Å². The highest BCUT2D eigenvalue weighted by Crippen LogP contribution is 2.24. The molecule has 0 amide bonds. The molecule has 0 aliphatic rings. The van der Waals surface area contributed by atoms with Crippen LogP contribution in [0.1, 0.15) is 52.0 Å². The van der Waals surface area contributed by atoms with Gasteiger partial charge in [0.25, 0.3) is 0 Å². The molecule has 0 aliphatic carbocycles. The lowest BCUT2D eigenvalue weighted by Gasteiger charge is -2.20. The molecule has 1 aromatic carbocycles. The number of rotatable bonds is 6. The first-order valence-corrected chi connectivity index (χ1v) is 7.14. The lowest BCUT2D eigenvalue weighted by molar-refractivity contribution is 0.358. The molecule has 0 heterocycles. The predicted octanol–water partition coefficient (Wildman–Crippen LogP) is 3.87.